The second-order valence-electron chi connectivity index (χ2n) is 7.18. The third kappa shape index (κ3) is 4.30. The summed E-state index contributed by atoms with van der Waals surface area (Å²) in [6.45, 7) is 0.483. The summed E-state index contributed by atoms with van der Waals surface area (Å²) < 4.78 is 32.6. The molecule has 1 aromatic heterocycles. The number of anilines is 2. The molecule has 154 valence electrons. The average Bonchev–Trinajstić information content (AvgIpc) is 3.24. The zero-order valence-corrected chi connectivity index (χ0v) is 17.2. The molecule has 0 saturated heterocycles. The van der Waals surface area contributed by atoms with E-state index in [9.17, 15) is 13.7 Å². The zero-order chi connectivity index (χ0) is 21.1. The predicted octanol–water partition coefficient (Wildman–Crippen LogP) is 2.79. The number of rotatable bonds is 6. The van der Waals surface area contributed by atoms with E-state index >= 15 is 0 Å². The van der Waals surface area contributed by atoms with Gasteiger partial charge < -0.3 is 15.0 Å². The third-order valence-electron chi connectivity index (χ3n) is 4.95. The van der Waals surface area contributed by atoms with Crippen LogP contribution in [0.5, 0.6) is 5.75 Å². The van der Waals surface area contributed by atoms with E-state index in [4.69, 9.17) is 4.74 Å². The summed E-state index contributed by atoms with van der Waals surface area (Å²) in [6, 6.07) is 14.7. The van der Waals surface area contributed by atoms with Crippen molar-refractivity contribution in [3.8, 4) is 11.8 Å². The maximum Gasteiger partial charge on any atom is 0.211 e. The Balaban J connectivity index is 1.65. The monoisotopic (exact) mass is 423 g/mol. The lowest BCUT2D eigenvalue weighted by molar-refractivity contribution is 0.180. The van der Waals surface area contributed by atoms with Gasteiger partial charge in [-0.05, 0) is 29.7 Å². The summed E-state index contributed by atoms with van der Waals surface area (Å²) in [5.41, 5.74) is 2.80. The first-order chi connectivity index (χ1) is 14.4. The van der Waals surface area contributed by atoms with Crippen LogP contribution in [0.2, 0.25) is 0 Å². The van der Waals surface area contributed by atoms with Crippen molar-refractivity contribution >= 4 is 21.5 Å². The smallest absolute Gasteiger partial charge is 0.211 e. The molecule has 0 fully saturated rings. The van der Waals surface area contributed by atoms with Gasteiger partial charge in [-0.25, -0.2) is 13.4 Å². The van der Waals surface area contributed by atoms with Gasteiger partial charge in [-0.3, -0.25) is 0 Å². The molecular weight excluding hydrogens is 402 g/mol. The number of sulfonamides is 1. The van der Waals surface area contributed by atoms with Gasteiger partial charge in [-0.2, -0.15) is 9.57 Å². The van der Waals surface area contributed by atoms with Gasteiger partial charge in [0.15, 0.2) is 0 Å². The second kappa shape index (κ2) is 8.18. The number of hydrogen-bond donors (Lipinski definition) is 2. The minimum Gasteiger partial charge on any atom is -0.489 e. The van der Waals surface area contributed by atoms with Gasteiger partial charge in [0.25, 0.3) is 0 Å². The molecule has 2 aromatic carbocycles. The van der Waals surface area contributed by atoms with Gasteiger partial charge in [0, 0.05) is 6.54 Å². The van der Waals surface area contributed by atoms with Crippen LogP contribution < -0.4 is 10.1 Å². The highest BCUT2D eigenvalue weighted by atomic mass is 32.2. The maximum absolute atomic E-state index is 12.5. The number of hydrogen-bond acceptors (Lipinski definition) is 6. The van der Waals surface area contributed by atoms with Crippen molar-refractivity contribution in [2.45, 2.75) is 19.0 Å². The van der Waals surface area contributed by atoms with Crippen LogP contribution in [0.4, 0.5) is 11.5 Å². The fraction of sp³-hybridized carbons (Fsp3) is 0.238. The van der Waals surface area contributed by atoms with Crippen LogP contribution in [-0.2, 0) is 23.0 Å². The standard InChI is InChI=1S/C21H21N5O3S/c1-30(27,28)26(12-15-5-3-2-4-6-15)18-9-17-7-16(10-22)8-19(21(17)29-13-18)25-20-11-23-14-24-20/h2-8,11,14,18,25H,9,12-13H2,1H3,(H,23,24). The Bertz CT molecular complexity index is 1170. The molecule has 1 aliphatic heterocycles. The predicted molar refractivity (Wildman–Crippen MR) is 113 cm³/mol. The summed E-state index contributed by atoms with van der Waals surface area (Å²) in [5.74, 6) is 1.29. The first-order valence-electron chi connectivity index (χ1n) is 9.40. The fourth-order valence-electron chi connectivity index (χ4n) is 3.60. The molecule has 8 nitrogen and oxygen atoms in total. The molecule has 4 rings (SSSR count). The van der Waals surface area contributed by atoms with Crippen molar-refractivity contribution in [3.63, 3.8) is 0 Å². The van der Waals surface area contributed by atoms with E-state index in [1.165, 1.54) is 10.6 Å². The Kier molecular flexibility index (Phi) is 5.44. The van der Waals surface area contributed by atoms with Crippen LogP contribution in [0.3, 0.4) is 0 Å². The molecule has 1 unspecified atom stereocenters. The van der Waals surface area contributed by atoms with E-state index in [2.05, 4.69) is 21.4 Å². The molecule has 30 heavy (non-hydrogen) atoms. The Morgan fingerprint density at radius 1 is 1.33 bits per heavy atom. The summed E-state index contributed by atoms with van der Waals surface area (Å²) in [4.78, 5) is 6.93. The molecule has 0 radical (unpaired) electrons. The first-order valence-corrected chi connectivity index (χ1v) is 11.2. The highest BCUT2D eigenvalue weighted by molar-refractivity contribution is 7.88. The largest absolute Gasteiger partial charge is 0.489 e. The van der Waals surface area contributed by atoms with Crippen molar-refractivity contribution in [1.29, 1.82) is 5.26 Å². The number of ether oxygens (including phenoxy) is 1. The van der Waals surface area contributed by atoms with E-state index < -0.39 is 10.0 Å². The van der Waals surface area contributed by atoms with E-state index in [0.717, 1.165) is 11.1 Å². The van der Waals surface area contributed by atoms with Crippen molar-refractivity contribution in [2.75, 3.05) is 18.2 Å². The van der Waals surface area contributed by atoms with E-state index in [1.807, 2.05) is 30.3 Å². The zero-order valence-electron chi connectivity index (χ0n) is 16.4. The number of benzene rings is 2. The first kappa shape index (κ1) is 19.9. The summed E-state index contributed by atoms with van der Waals surface area (Å²) in [7, 11) is -3.47. The molecule has 0 spiro atoms. The Morgan fingerprint density at radius 3 is 2.80 bits per heavy atom. The number of aromatic nitrogens is 2. The van der Waals surface area contributed by atoms with Crippen molar-refractivity contribution in [1.82, 2.24) is 14.3 Å². The van der Waals surface area contributed by atoms with Crippen LogP contribution in [0.25, 0.3) is 0 Å². The molecule has 1 aliphatic rings. The minimum atomic E-state index is -3.47. The van der Waals surface area contributed by atoms with Gasteiger partial charge in [0.1, 0.15) is 18.2 Å². The summed E-state index contributed by atoms with van der Waals surface area (Å²) >= 11 is 0. The Morgan fingerprint density at radius 2 is 2.13 bits per heavy atom. The van der Waals surface area contributed by atoms with Gasteiger partial charge >= 0.3 is 0 Å². The van der Waals surface area contributed by atoms with Crippen molar-refractivity contribution in [2.24, 2.45) is 0 Å². The number of nitriles is 1. The number of imidazole rings is 1. The number of fused-ring (bicyclic) bond motifs is 1. The molecular formula is C21H21N5O3S. The lowest BCUT2D eigenvalue weighted by Gasteiger charge is -2.34. The van der Waals surface area contributed by atoms with Gasteiger partial charge in [-0.15, -0.1) is 0 Å². The number of H-pyrrole nitrogens is 1. The van der Waals surface area contributed by atoms with Crippen LogP contribution in [0.1, 0.15) is 16.7 Å². The van der Waals surface area contributed by atoms with Crippen LogP contribution in [0, 0.1) is 11.3 Å². The number of aromatic amines is 1. The molecule has 0 saturated carbocycles. The lowest BCUT2D eigenvalue weighted by Crippen LogP contribution is -2.45. The van der Waals surface area contributed by atoms with Crippen LogP contribution in [-0.4, -0.2) is 41.6 Å². The lowest BCUT2D eigenvalue weighted by atomic mass is 9.98. The fourth-order valence-corrected chi connectivity index (χ4v) is 4.66. The van der Waals surface area contributed by atoms with Gasteiger partial charge in [-0.1, -0.05) is 30.3 Å². The SMILES string of the molecule is CS(=O)(=O)N(Cc1ccccc1)C1COc2c(cc(C#N)cc2Nc2cnc[nH]2)C1. The van der Waals surface area contributed by atoms with Gasteiger partial charge in [0.05, 0.1) is 42.1 Å². The Labute approximate surface area is 175 Å². The quantitative estimate of drug-likeness (QED) is 0.631. The third-order valence-corrected chi connectivity index (χ3v) is 6.23. The van der Waals surface area contributed by atoms with Gasteiger partial charge in [0.2, 0.25) is 10.0 Å². The number of nitrogens with one attached hydrogen (secondary N) is 2. The minimum absolute atomic E-state index is 0.219. The van der Waals surface area contributed by atoms with E-state index in [-0.39, 0.29) is 19.2 Å². The van der Waals surface area contributed by atoms with Crippen molar-refractivity contribution < 1.29 is 13.2 Å². The molecule has 1 atom stereocenters. The van der Waals surface area contributed by atoms with Crippen molar-refractivity contribution in [3.05, 3.63) is 71.7 Å². The average molecular weight is 423 g/mol. The summed E-state index contributed by atoms with van der Waals surface area (Å²) in [6.07, 6.45) is 4.83. The number of nitrogens with zero attached hydrogens (tertiary/aromatic N) is 3. The van der Waals surface area contributed by atoms with Crippen LogP contribution >= 0.6 is 0 Å². The topological polar surface area (TPSA) is 111 Å². The molecule has 2 heterocycles. The molecule has 2 N–H and O–H groups in total. The Hall–Kier alpha value is -3.35. The van der Waals surface area contributed by atoms with E-state index in [1.54, 1.807) is 24.7 Å². The second-order valence-corrected chi connectivity index (χ2v) is 9.11. The molecule has 9 heteroatoms. The van der Waals surface area contributed by atoms with E-state index in [0.29, 0.717) is 29.2 Å². The molecule has 0 aliphatic carbocycles. The molecule has 3 aromatic rings. The van der Waals surface area contributed by atoms with Crippen LogP contribution in [0.15, 0.2) is 55.0 Å². The highest BCUT2D eigenvalue weighted by Crippen LogP contribution is 2.37. The summed E-state index contributed by atoms with van der Waals surface area (Å²) in [5, 5.41) is 12.6. The maximum atomic E-state index is 12.5. The normalized spacial score (nSPS) is 15.8. The highest BCUT2D eigenvalue weighted by Gasteiger charge is 2.32. The molecule has 0 amide bonds. The molecule has 0 bridgehead atoms.